The van der Waals surface area contributed by atoms with Crippen LogP contribution in [0.15, 0.2) is 53.7 Å². The van der Waals surface area contributed by atoms with Crippen LogP contribution < -0.4 is 0 Å². The number of aromatic amines is 1. The van der Waals surface area contributed by atoms with Crippen LogP contribution in [0.2, 0.25) is 0 Å². The number of fused-ring (bicyclic) bond motifs is 3. The molecule has 26 heavy (non-hydrogen) atoms. The van der Waals surface area contributed by atoms with Crippen LogP contribution >= 0.6 is 0 Å². The van der Waals surface area contributed by atoms with Crippen molar-refractivity contribution in [1.82, 2.24) is 4.98 Å². The van der Waals surface area contributed by atoms with Crippen LogP contribution in [0.5, 0.6) is 0 Å². The predicted octanol–water partition coefficient (Wildman–Crippen LogP) is 5.44. The summed E-state index contributed by atoms with van der Waals surface area (Å²) in [6.07, 6.45) is -1.63. The van der Waals surface area contributed by atoms with E-state index in [-0.39, 0.29) is 6.61 Å². The molecular weight excluding hydrogens is 341 g/mol. The van der Waals surface area contributed by atoms with Crippen molar-refractivity contribution >= 4 is 16.6 Å². The maximum absolute atomic E-state index is 12.8. The monoisotopic (exact) mass is 358 g/mol. The van der Waals surface area contributed by atoms with E-state index in [4.69, 9.17) is 4.84 Å². The molecule has 134 valence electrons. The van der Waals surface area contributed by atoms with Crippen LogP contribution in [0.1, 0.15) is 35.2 Å². The Hall–Kier alpha value is -2.76. The Balaban J connectivity index is 1.54. The molecule has 0 saturated carbocycles. The number of halogens is 3. The first-order valence-electron chi connectivity index (χ1n) is 8.47. The highest BCUT2D eigenvalue weighted by Gasteiger charge is 2.30. The summed E-state index contributed by atoms with van der Waals surface area (Å²) < 4.78 is 38.3. The third kappa shape index (κ3) is 3.19. The van der Waals surface area contributed by atoms with Gasteiger partial charge in [0.2, 0.25) is 0 Å². The summed E-state index contributed by atoms with van der Waals surface area (Å²) >= 11 is 0. The molecule has 6 heteroatoms. The first-order chi connectivity index (χ1) is 12.5. The molecule has 3 nitrogen and oxygen atoms in total. The van der Waals surface area contributed by atoms with Gasteiger partial charge >= 0.3 is 6.18 Å². The Morgan fingerprint density at radius 2 is 1.88 bits per heavy atom. The summed E-state index contributed by atoms with van der Waals surface area (Å²) in [4.78, 5) is 8.76. The van der Waals surface area contributed by atoms with E-state index in [0.29, 0.717) is 5.56 Å². The first kappa shape index (κ1) is 16.7. The smallest absolute Gasteiger partial charge is 0.391 e. The van der Waals surface area contributed by atoms with Crippen LogP contribution in [0, 0.1) is 0 Å². The molecule has 3 aromatic rings. The van der Waals surface area contributed by atoms with Crippen molar-refractivity contribution in [3.05, 3.63) is 70.9 Å². The number of H-pyrrole nitrogens is 1. The van der Waals surface area contributed by atoms with Gasteiger partial charge in [-0.25, -0.2) is 0 Å². The van der Waals surface area contributed by atoms with Gasteiger partial charge in [0, 0.05) is 10.9 Å². The molecule has 0 fully saturated rings. The Bertz CT molecular complexity index is 973. The molecule has 0 saturated heterocycles. The van der Waals surface area contributed by atoms with Crippen molar-refractivity contribution in [1.29, 1.82) is 0 Å². The second-order valence-corrected chi connectivity index (χ2v) is 6.39. The van der Waals surface area contributed by atoms with E-state index < -0.39 is 11.7 Å². The Labute approximate surface area is 148 Å². The number of oxime groups is 1. The molecule has 0 unspecified atom stereocenters. The number of nitrogens with one attached hydrogen (secondary N) is 1. The quantitative estimate of drug-likeness (QED) is 0.622. The number of rotatable bonds is 3. The molecule has 0 bridgehead atoms. The van der Waals surface area contributed by atoms with Gasteiger partial charge in [-0.1, -0.05) is 35.5 Å². The summed E-state index contributed by atoms with van der Waals surface area (Å²) in [5.41, 5.74) is 3.84. The molecular formula is C20H17F3N2O. The van der Waals surface area contributed by atoms with E-state index in [0.717, 1.165) is 48.3 Å². The molecule has 1 aliphatic rings. The molecule has 0 atom stereocenters. The zero-order valence-corrected chi connectivity index (χ0v) is 13.9. The van der Waals surface area contributed by atoms with E-state index in [1.54, 1.807) is 6.07 Å². The van der Waals surface area contributed by atoms with E-state index in [1.165, 1.54) is 17.0 Å². The SMILES string of the molecule is FC(F)(F)c1cccc(CON=C2CCCc3c2[nH]c2ccccc32)c1. The highest BCUT2D eigenvalue weighted by atomic mass is 19.4. The van der Waals surface area contributed by atoms with Crippen LogP contribution in [0.25, 0.3) is 10.9 Å². The standard InChI is InChI=1S/C20H17F3N2O/c21-20(22,23)14-6-3-5-13(11-14)12-26-25-18-10-4-8-16-15-7-1-2-9-17(15)24-19(16)18/h1-3,5-7,9,11,24H,4,8,10,12H2. The van der Waals surface area contributed by atoms with Crippen LogP contribution in [-0.2, 0) is 24.0 Å². The average molecular weight is 358 g/mol. The maximum Gasteiger partial charge on any atom is 0.416 e. The summed E-state index contributed by atoms with van der Waals surface area (Å²) in [6, 6.07) is 13.2. The van der Waals surface area contributed by atoms with Crippen molar-refractivity contribution in [2.75, 3.05) is 0 Å². The van der Waals surface area contributed by atoms with Crippen LogP contribution in [0.4, 0.5) is 13.2 Å². The van der Waals surface area contributed by atoms with Gasteiger partial charge in [-0.3, -0.25) is 0 Å². The lowest BCUT2D eigenvalue weighted by Crippen LogP contribution is -2.12. The molecule has 1 aliphatic carbocycles. The lowest BCUT2D eigenvalue weighted by molar-refractivity contribution is -0.137. The van der Waals surface area contributed by atoms with Gasteiger partial charge in [-0.05, 0) is 48.6 Å². The van der Waals surface area contributed by atoms with Crippen molar-refractivity contribution in [2.24, 2.45) is 5.16 Å². The third-order valence-corrected chi connectivity index (χ3v) is 4.60. The van der Waals surface area contributed by atoms with Crippen molar-refractivity contribution in [3.63, 3.8) is 0 Å². The van der Waals surface area contributed by atoms with E-state index in [1.807, 2.05) is 18.2 Å². The minimum Gasteiger partial charge on any atom is -0.391 e. The lowest BCUT2D eigenvalue weighted by Gasteiger charge is -2.14. The zero-order valence-electron chi connectivity index (χ0n) is 13.9. The fourth-order valence-electron chi connectivity index (χ4n) is 3.38. The number of para-hydroxylation sites is 1. The molecule has 0 amide bonds. The van der Waals surface area contributed by atoms with Crippen molar-refractivity contribution < 1.29 is 18.0 Å². The molecule has 0 aliphatic heterocycles. The maximum atomic E-state index is 12.8. The summed E-state index contributed by atoms with van der Waals surface area (Å²) in [5.74, 6) is 0. The predicted molar refractivity (Wildman–Crippen MR) is 94.0 cm³/mol. The lowest BCUT2D eigenvalue weighted by atomic mass is 9.94. The Morgan fingerprint density at radius 1 is 1.04 bits per heavy atom. The molecule has 0 spiro atoms. The molecule has 0 radical (unpaired) electrons. The summed E-state index contributed by atoms with van der Waals surface area (Å²) in [6.45, 7) is 0.00296. The minimum atomic E-state index is -4.36. The number of aromatic nitrogens is 1. The van der Waals surface area contributed by atoms with E-state index in [9.17, 15) is 13.2 Å². The average Bonchev–Trinajstić information content (AvgIpc) is 3.01. The van der Waals surface area contributed by atoms with Gasteiger partial charge in [0.15, 0.2) is 0 Å². The highest BCUT2D eigenvalue weighted by molar-refractivity contribution is 6.06. The van der Waals surface area contributed by atoms with Crippen LogP contribution in [0.3, 0.4) is 0 Å². The first-order valence-corrected chi connectivity index (χ1v) is 8.47. The number of benzene rings is 2. The van der Waals surface area contributed by atoms with Gasteiger partial charge in [-0.2, -0.15) is 13.2 Å². The zero-order chi connectivity index (χ0) is 18.1. The molecule has 4 rings (SSSR count). The number of hydrogen-bond acceptors (Lipinski definition) is 2. The second kappa shape index (κ2) is 6.52. The number of nitrogens with zero attached hydrogens (tertiary/aromatic N) is 1. The fraction of sp³-hybridized carbons (Fsp3) is 0.250. The number of alkyl halides is 3. The van der Waals surface area contributed by atoms with E-state index in [2.05, 4.69) is 16.2 Å². The van der Waals surface area contributed by atoms with Gasteiger partial charge in [-0.15, -0.1) is 0 Å². The van der Waals surface area contributed by atoms with Crippen molar-refractivity contribution in [2.45, 2.75) is 32.0 Å². The summed E-state index contributed by atoms with van der Waals surface area (Å²) in [5, 5.41) is 5.40. The second-order valence-electron chi connectivity index (χ2n) is 6.39. The van der Waals surface area contributed by atoms with Crippen molar-refractivity contribution in [3.8, 4) is 0 Å². The van der Waals surface area contributed by atoms with Gasteiger partial charge in [0.1, 0.15) is 12.3 Å². The largest absolute Gasteiger partial charge is 0.416 e. The van der Waals surface area contributed by atoms with Gasteiger partial charge in [0.25, 0.3) is 0 Å². The van der Waals surface area contributed by atoms with Gasteiger partial charge in [0.05, 0.1) is 11.3 Å². The highest BCUT2D eigenvalue weighted by Crippen LogP contribution is 2.31. The molecule has 1 heterocycles. The topological polar surface area (TPSA) is 37.4 Å². The van der Waals surface area contributed by atoms with E-state index >= 15 is 0 Å². The summed E-state index contributed by atoms with van der Waals surface area (Å²) in [7, 11) is 0. The number of aryl methyl sites for hydroxylation is 1. The molecule has 1 N–H and O–H groups in total. The molecule has 2 aromatic carbocycles. The Morgan fingerprint density at radius 3 is 2.73 bits per heavy atom. The Kier molecular flexibility index (Phi) is 4.18. The molecule has 1 aromatic heterocycles. The number of hydrogen-bond donors (Lipinski definition) is 1. The fourth-order valence-corrected chi connectivity index (χ4v) is 3.38. The normalized spacial score (nSPS) is 16.0. The van der Waals surface area contributed by atoms with Gasteiger partial charge < -0.3 is 9.82 Å². The third-order valence-electron chi connectivity index (χ3n) is 4.60. The van der Waals surface area contributed by atoms with Crippen LogP contribution in [-0.4, -0.2) is 10.7 Å². The minimum absolute atomic E-state index is 0.00296.